The van der Waals surface area contributed by atoms with E-state index < -0.39 is 18.5 Å². The highest BCUT2D eigenvalue weighted by molar-refractivity contribution is 6.03. The third-order valence-electron chi connectivity index (χ3n) is 5.59. The van der Waals surface area contributed by atoms with Gasteiger partial charge in [0.15, 0.2) is 18.1 Å². The van der Waals surface area contributed by atoms with E-state index >= 15 is 0 Å². The molecule has 33 heavy (non-hydrogen) atoms. The fraction of sp³-hybridized carbons (Fsp3) is 0.400. The number of esters is 1. The lowest BCUT2D eigenvalue weighted by Crippen LogP contribution is -2.30. The molecule has 2 atom stereocenters. The third-order valence-corrected chi connectivity index (χ3v) is 5.59. The minimum Gasteiger partial charge on any atom is -0.493 e. The van der Waals surface area contributed by atoms with Crippen molar-refractivity contribution in [3.8, 4) is 11.5 Å². The van der Waals surface area contributed by atoms with Gasteiger partial charge in [-0.25, -0.2) is 4.79 Å². The summed E-state index contributed by atoms with van der Waals surface area (Å²) in [6.07, 6.45) is 2.42. The quantitative estimate of drug-likeness (QED) is 0.399. The zero-order chi connectivity index (χ0) is 23.8. The summed E-state index contributed by atoms with van der Waals surface area (Å²) in [7, 11) is 2.91. The summed E-state index contributed by atoms with van der Waals surface area (Å²) in [5, 5.41) is 5.52. The van der Waals surface area contributed by atoms with E-state index in [1.807, 2.05) is 37.3 Å². The van der Waals surface area contributed by atoms with Crippen molar-refractivity contribution in [2.45, 2.75) is 26.2 Å². The van der Waals surface area contributed by atoms with Gasteiger partial charge in [-0.1, -0.05) is 37.3 Å². The van der Waals surface area contributed by atoms with Gasteiger partial charge in [0.25, 0.3) is 5.91 Å². The van der Waals surface area contributed by atoms with Crippen LogP contribution in [0.3, 0.4) is 0 Å². The van der Waals surface area contributed by atoms with Gasteiger partial charge in [0, 0.05) is 24.6 Å². The van der Waals surface area contributed by atoms with Crippen LogP contribution >= 0.6 is 0 Å². The maximum atomic E-state index is 12.7. The number of benzene rings is 2. The average molecular weight is 455 g/mol. The topological polar surface area (TPSA) is 103 Å². The standard InChI is InChI=1S/C25H30N2O6/c1-16-12-18(16)24(29)27-20-14-22(32-3)21(31-2)13-19(20)25(30)33-15-23(28)26-11-7-10-17-8-5-4-6-9-17/h4-6,8-9,13-14,16,18H,7,10-12,15H2,1-3H3,(H,26,28)(H,27,29). The molecule has 0 heterocycles. The molecule has 1 saturated carbocycles. The van der Waals surface area contributed by atoms with Gasteiger partial charge in [0.2, 0.25) is 5.91 Å². The predicted octanol–water partition coefficient (Wildman–Crippen LogP) is 3.20. The first-order chi connectivity index (χ1) is 15.9. The van der Waals surface area contributed by atoms with E-state index in [-0.39, 0.29) is 23.1 Å². The molecule has 0 aliphatic heterocycles. The summed E-state index contributed by atoms with van der Waals surface area (Å²) in [6, 6.07) is 12.9. The molecule has 1 aliphatic carbocycles. The summed E-state index contributed by atoms with van der Waals surface area (Å²) in [5.74, 6) is -0.393. The largest absolute Gasteiger partial charge is 0.493 e. The Hall–Kier alpha value is -3.55. The molecule has 1 fully saturated rings. The Kier molecular flexibility index (Phi) is 8.29. The zero-order valence-electron chi connectivity index (χ0n) is 19.2. The van der Waals surface area contributed by atoms with Crippen molar-refractivity contribution in [3.63, 3.8) is 0 Å². The molecule has 0 radical (unpaired) electrons. The van der Waals surface area contributed by atoms with Crippen molar-refractivity contribution in [2.75, 3.05) is 32.7 Å². The Morgan fingerprint density at radius 2 is 1.70 bits per heavy atom. The van der Waals surface area contributed by atoms with Crippen molar-refractivity contribution in [2.24, 2.45) is 11.8 Å². The van der Waals surface area contributed by atoms with Crippen LogP contribution in [0.15, 0.2) is 42.5 Å². The number of nitrogens with one attached hydrogen (secondary N) is 2. The van der Waals surface area contributed by atoms with Crippen molar-refractivity contribution >= 4 is 23.5 Å². The number of amides is 2. The Morgan fingerprint density at radius 1 is 1.03 bits per heavy atom. The summed E-state index contributed by atoms with van der Waals surface area (Å²) < 4.78 is 15.7. The molecule has 2 amide bonds. The molecule has 2 unspecified atom stereocenters. The Balaban J connectivity index is 1.56. The molecule has 0 aromatic heterocycles. The average Bonchev–Trinajstić information content (AvgIpc) is 3.57. The molecular formula is C25H30N2O6. The normalized spacial score (nSPS) is 16.5. The Labute approximate surface area is 193 Å². The predicted molar refractivity (Wildman–Crippen MR) is 124 cm³/mol. The maximum absolute atomic E-state index is 12.7. The molecule has 8 heteroatoms. The fourth-order valence-electron chi connectivity index (χ4n) is 3.49. The first-order valence-corrected chi connectivity index (χ1v) is 11.0. The fourth-order valence-corrected chi connectivity index (χ4v) is 3.49. The highest BCUT2D eigenvalue weighted by atomic mass is 16.5. The molecule has 1 aliphatic rings. The van der Waals surface area contributed by atoms with Gasteiger partial charge >= 0.3 is 5.97 Å². The van der Waals surface area contributed by atoms with Crippen LogP contribution in [-0.2, 0) is 20.7 Å². The van der Waals surface area contributed by atoms with Gasteiger partial charge in [0.05, 0.1) is 25.5 Å². The third kappa shape index (κ3) is 6.71. The van der Waals surface area contributed by atoms with Gasteiger partial charge in [-0.2, -0.15) is 0 Å². The lowest BCUT2D eigenvalue weighted by Gasteiger charge is -2.15. The van der Waals surface area contributed by atoms with Crippen LogP contribution in [0.1, 0.15) is 35.7 Å². The number of carbonyl (C=O) groups is 3. The van der Waals surface area contributed by atoms with Crippen LogP contribution in [0, 0.1) is 11.8 Å². The maximum Gasteiger partial charge on any atom is 0.340 e. The van der Waals surface area contributed by atoms with Crippen LogP contribution in [0.2, 0.25) is 0 Å². The smallest absolute Gasteiger partial charge is 0.340 e. The molecule has 0 saturated heterocycles. The number of carbonyl (C=O) groups excluding carboxylic acids is 3. The number of methoxy groups -OCH3 is 2. The Bertz CT molecular complexity index is 992. The van der Waals surface area contributed by atoms with Crippen LogP contribution in [0.5, 0.6) is 11.5 Å². The van der Waals surface area contributed by atoms with Gasteiger partial charge < -0.3 is 24.8 Å². The van der Waals surface area contributed by atoms with Gasteiger partial charge in [-0.05, 0) is 30.7 Å². The van der Waals surface area contributed by atoms with Crippen molar-refractivity contribution in [1.29, 1.82) is 0 Å². The second-order valence-corrected chi connectivity index (χ2v) is 8.08. The molecule has 2 N–H and O–H groups in total. The van der Waals surface area contributed by atoms with E-state index in [2.05, 4.69) is 10.6 Å². The summed E-state index contributed by atoms with van der Waals surface area (Å²) >= 11 is 0. The molecule has 8 nitrogen and oxygen atoms in total. The lowest BCUT2D eigenvalue weighted by atomic mass is 10.1. The van der Waals surface area contributed by atoms with Gasteiger partial charge in [0.1, 0.15) is 0 Å². The highest BCUT2D eigenvalue weighted by Gasteiger charge is 2.39. The van der Waals surface area contributed by atoms with E-state index in [0.717, 1.165) is 19.3 Å². The monoisotopic (exact) mass is 454 g/mol. The van der Waals surface area contributed by atoms with E-state index in [1.54, 1.807) is 0 Å². The molecule has 2 aromatic rings. The second kappa shape index (κ2) is 11.4. The molecule has 0 spiro atoms. The zero-order valence-corrected chi connectivity index (χ0v) is 19.2. The van der Waals surface area contributed by atoms with Crippen molar-refractivity contribution < 1.29 is 28.6 Å². The van der Waals surface area contributed by atoms with E-state index in [9.17, 15) is 14.4 Å². The van der Waals surface area contributed by atoms with Crippen molar-refractivity contribution in [1.82, 2.24) is 5.32 Å². The Morgan fingerprint density at radius 3 is 2.33 bits per heavy atom. The first kappa shape index (κ1) is 24.1. The molecular weight excluding hydrogens is 424 g/mol. The number of ether oxygens (including phenoxy) is 3. The van der Waals surface area contributed by atoms with Gasteiger partial charge in [-0.15, -0.1) is 0 Å². The number of rotatable bonds is 11. The lowest BCUT2D eigenvalue weighted by molar-refractivity contribution is -0.124. The molecule has 0 bridgehead atoms. The SMILES string of the molecule is COc1cc(NC(=O)C2CC2C)c(C(=O)OCC(=O)NCCCc2ccccc2)cc1OC. The van der Waals surface area contributed by atoms with Crippen LogP contribution in [0.25, 0.3) is 0 Å². The molecule has 3 rings (SSSR count). The van der Waals surface area contributed by atoms with Gasteiger partial charge in [-0.3, -0.25) is 9.59 Å². The van der Waals surface area contributed by atoms with Crippen LogP contribution < -0.4 is 20.1 Å². The second-order valence-electron chi connectivity index (χ2n) is 8.08. The van der Waals surface area contributed by atoms with E-state index in [1.165, 1.54) is 31.9 Å². The summed E-state index contributed by atoms with van der Waals surface area (Å²) in [6.45, 7) is 2.04. The van der Waals surface area contributed by atoms with E-state index in [4.69, 9.17) is 14.2 Å². The minimum atomic E-state index is -0.741. The van der Waals surface area contributed by atoms with E-state index in [0.29, 0.717) is 24.0 Å². The number of anilines is 1. The van der Waals surface area contributed by atoms with Crippen molar-refractivity contribution in [3.05, 3.63) is 53.6 Å². The summed E-state index contributed by atoms with van der Waals surface area (Å²) in [5.41, 5.74) is 1.54. The summed E-state index contributed by atoms with van der Waals surface area (Å²) in [4.78, 5) is 37.3. The number of hydrogen-bond donors (Lipinski definition) is 2. The molecule has 176 valence electrons. The number of hydrogen-bond acceptors (Lipinski definition) is 6. The van der Waals surface area contributed by atoms with Crippen LogP contribution in [-0.4, -0.2) is 45.2 Å². The van der Waals surface area contributed by atoms with Crippen LogP contribution in [0.4, 0.5) is 5.69 Å². The molecule has 2 aromatic carbocycles. The highest BCUT2D eigenvalue weighted by Crippen LogP contribution is 2.40. The first-order valence-electron chi connectivity index (χ1n) is 11.0. The number of aryl methyl sites for hydroxylation is 1. The minimum absolute atomic E-state index is 0.0800.